The van der Waals surface area contributed by atoms with Crippen LogP contribution in [0.15, 0.2) is 43.0 Å². The molecule has 1 heterocycles. The number of carbonyl (C=O) groups excluding carboxylic acids is 1. The fraction of sp³-hybridized carbons (Fsp3) is 0.438. The van der Waals surface area contributed by atoms with Crippen molar-refractivity contribution in [2.45, 2.75) is 13.0 Å². The van der Waals surface area contributed by atoms with Crippen LogP contribution < -0.4 is 15.1 Å². The molecule has 2 rings (SSSR count). The zero-order valence-corrected chi connectivity index (χ0v) is 12.1. The van der Waals surface area contributed by atoms with Gasteiger partial charge in [-0.2, -0.15) is 0 Å². The molecule has 108 valence electrons. The summed E-state index contributed by atoms with van der Waals surface area (Å²) in [5.41, 5.74) is 1.27. The number of piperazine rings is 1. The van der Waals surface area contributed by atoms with Gasteiger partial charge in [-0.25, -0.2) is 0 Å². The first-order valence-corrected chi connectivity index (χ1v) is 7.25. The SMILES string of the molecule is C=CCNC(=O)[C@H](C)[NH+]1CCN(c2ccccc2)CC1. The van der Waals surface area contributed by atoms with E-state index in [1.807, 2.05) is 13.0 Å². The Morgan fingerprint density at radius 2 is 2.05 bits per heavy atom. The molecule has 1 atom stereocenters. The summed E-state index contributed by atoms with van der Waals surface area (Å²) in [5, 5.41) is 2.88. The molecule has 1 aromatic carbocycles. The summed E-state index contributed by atoms with van der Waals surface area (Å²) in [7, 11) is 0. The number of rotatable bonds is 5. The minimum atomic E-state index is 0.00729. The largest absolute Gasteiger partial charge is 0.360 e. The fourth-order valence-electron chi connectivity index (χ4n) is 2.64. The van der Waals surface area contributed by atoms with Gasteiger partial charge in [0.25, 0.3) is 5.91 Å². The maximum Gasteiger partial charge on any atom is 0.278 e. The van der Waals surface area contributed by atoms with Gasteiger partial charge in [0.15, 0.2) is 6.04 Å². The van der Waals surface area contributed by atoms with E-state index in [2.05, 4.69) is 41.1 Å². The van der Waals surface area contributed by atoms with Crippen molar-refractivity contribution in [3.8, 4) is 0 Å². The average Bonchev–Trinajstić information content (AvgIpc) is 2.53. The Labute approximate surface area is 121 Å². The molecule has 1 fully saturated rings. The monoisotopic (exact) mass is 274 g/mol. The van der Waals surface area contributed by atoms with Crippen LogP contribution in [0.2, 0.25) is 0 Å². The molecular weight excluding hydrogens is 250 g/mol. The highest BCUT2D eigenvalue weighted by atomic mass is 16.2. The molecule has 4 heteroatoms. The predicted molar refractivity (Wildman–Crippen MR) is 82.0 cm³/mol. The van der Waals surface area contributed by atoms with Crippen molar-refractivity contribution < 1.29 is 9.69 Å². The Hall–Kier alpha value is -1.81. The Morgan fingerprint density at radius 1 is 1.40 bits per heavy atom. The van der Waals surface area contributed by atoms with Crippen LogP contribution >= 0.6 is 0 Å². The maximum absolute atomic E-state index is 12.0. The molecule has 0 aromatic heterocycles. The van der Waals surface area contributed by atoms with Crippen LogP contribution in [-0.2, 0) is 4.79 Å². The molecular formula is C16H24N3O+. The number of anilines is 1. The molecule has 2 N–H and O–H groups in total. The molecule has 20 heavy (non-hydrogen) atoms. The molecule has 0 unspecified atom stereocenters. The minimum Gasteiger partial charge on any atom is -0.360 e. The predicted octanol–water partition coefficient (Wildman–Crippen LogP) is 0.0822. The second-order valence-electron chi connectivity index (χ2n) is 5.24. The van der Waals surface area contributed by atoms with Gasteiger partial charge >= 0.3 is 0 Å². The molecule has 0 aliphatic carbocycles. The minimum absolute atomic E-state index is 0.00729. The third kappa shape index (κ3) is 3.61. The lowest BCUT2D eigenvalue weighted by molar-refractivity contribution is -0.914. The van der Waals surface area contributed by atoms with Crippen LogP contribution in [0.1, 0.15) is 6.92 Å². The second-order valence-corrected chi connectivity index (χ2v) is 5.24. The Bertz CT molecular complexity index is 438. The highest BCUT2D eigenvalue weighted by Gasteiger charge is 2.28. The van der Waals surface area contributed by atoms with Gasteiger partial charge in [0.2, 0.25) is 0 Å². The topological polar surface area (TPSA) is 36.8 Å². The van der Waals surface area contributed by atoms with Gasteiger partial charge in [0.1, 0.15) is 0 Å². The van der Waals surface area contributed by atoms with E-state index < -0.39 is 0 Å². The zero-order valence-electron chi connectivity index (χ0n) is 12.1. The quantitative estimate of drug-likeness (QED) is 0.746. The van der Waals surface area contributed by atoms with E-state index in [0.717, 1.165) is 26.2 Å². The Balaban J connectivity index is 1.84. The normalized spacial score (nSPS) is 17.6. The lowest BCUT2D eigenvalue weighted by atomic mass is 10.2. The highest BCUT2D eigenvalue weighted by molar-refractivity contribution is 5.80. The van der Waals surface area contributed by atoms with Crippen molar-refractivity contribution in [1.29, 1.82) is 0 Å². The lowest BCUT2D eigenvalue weighted by Crippen LogP contribution is -3.19. The summed E-state index contributed by atoms with van der Waals surface area (Å²) in [4.78, 5) is 15.7. The van der Waals surface area contributed by atoms with Gasteiger partial charge < -0.3 is 15.1 Å². The van der Waals surface area contributed by atoms with Crippen LogP contribution in [0.3, 0.4) is 0 Å². The first-order chi connectivity index (χ1) is 9.72. The number of carbonyl (C=O) groups is 1. The lowest BCUT2D eigenvalue weighted by Gasteiger charge is -2.36. The van der Waals surface area contributed by atoms with E-state index in [-0.39, 0.29) is 11.9 Å². The average molecular weight is 274 g/mol. The van der Waals surface area contributed by atoms with Crippen LogP contribution in [-0.4, -0.2) is 44.7 Å². The number of benzene rings is 1. The van der Waals surface area contributed by atoms with E-state index >= 15 is 0 Å². The van der Waals surface area contributed by atoms with Gasteiger partial charge in [-0.15, -0.1) is 6.58 Å². The number of para-hydroxylation sites is 1. The summed E-state index contributed by atoms with van der Waals surface area (Å²) in [6.45, 7) is 10.2. The molecule has 4 nitrogen and oxygen atoms in total. The molecule has 1 aliphatic heterocycles. The number of nitrogens with one attached hydrogen (secondary N) is 2. The molecule has 1 saturated heterocycles. The molecule has 0 saturated carbocycles. The smallest absolute Gasteiger partial charge is 0.278 e. The standard InChI is InChI=1S/C16H23N3O/c1-3-9-17-16(20)14(2)18-10-12-19(13-11-18)15-7-5-4-6-8-15/h3-8,14H,1,9-13H2,2H3,(H,17,20)/p+1/t14-/m0/s1. The van der Waals surface area contributed by atoms with E-state index in [9.17, 15) is 4.79 Å². The van der Waals surface area contributed by atoms with Gasteiger partial charge in [-0.05, 0) is 19.1 Å². The first kappa shape index (κ1) is 14.6. The van der Waals surface area contributed by atoms with Crippen molar-refractivity contribution in [3.05, 3.63) is 43.0 Å². The fourth-order valence-corrected chi connectivity index (χ4v) is 2.64. The van der Waals surface area contributed by atoms with Crippen molar-refractivity contribution >= 4 is 11.6 Å². The summed E-state index contributed by atoms with van der Waals surface area (Å²) < 4.78 is 0. The molecule has 1 aromatic rings. The van der Waals surface area contributed by atoms with Gasteiger partial charge in [-0.3, -0.25) is 4.79 Å². The summed E-state index contributed by atoms with van der Waals surface area (Å²) in [6, 6.07) is 10.5. The molecule has 1 amide bonds. The molecule has 0 bridgehead atoms. The van der Waals surface area contributed by atoms with Crippen molar-refractivity contribution in [3.63, 3.8) is 0 Å². The number of amides is 1. The highest BCUT2D eigenvalue weighted by Crippen LogP contribution is 2.12. The van der Waals surface area contributed by atoms with Gasteiger partial charge in [0.05, 0.1) is 26.2 Å². The summed E-state index contributed by atoms with van der Waals surface area (Å²) in [6.07, 6.45) is 1.72. The van der Waals surface area contributed by atoms with E-state index in [1.54, 1.807) is 6.08 Å². The molecule has 0 spiro atoms. The van der Waals surface area contributed by atoms with Crippen LogP contribution in [0.25, 0.3) is 0 Å². The van der Waals surface area contributed by atoms with Crippen LogP contribution in [0.4, 0.5) is 5.69 Å². The third-order valence-corrected chi connectivity index (χ3v) is 3.95. The van der Waals surface area contributed by atoms with Gasteiger partial charge in [0, 0.05) is 12.2 Å². The summed E-state index contributed by atoms with van der Waals surface area (Å²) in [5.74, 6) is 0.119. The number of hydrogen-bond donors (Lipinski definition) is 2. The number of quaternary nitrogens is 1. The van der Waals surface area contributed by atoms with Crippen molar-refractivity contribution in [2.75, 3.05) is 37.6 Å². The molecule has 0 radical (unpaired) electrons. The maximum atomic E-state index is 12.0. The third-order valence-electron chi connectivity index (χ3n) is 3.95. The Morgan fingerprint density at radius 3 is 2.65 bits per heavy atom. The van der Waals surface area contributed by atoms with Crippen LogP contribution in [0, 0.1) is 0 Å². The summed E-state index contributed by atoms with van der Waals surface area (Å²) >= 11 is 0. The zero-order chi connectivity index (χ0) is 14.4. The van der Waals surface area contributed by atoms with Crippen molar-refractivity contribution in [2.24, 2.45) is 0 Å². The van der Waals surface area contributed by atoms with Crippen molar-refractivity contribution in [1.82, 2.24) is 5.32 Å². The molecule has 1 aliphatic rings. The second kappa shape index (κ2) is 7.10. The van der Waals surface area contributed by atoms with Gasteiger partial charge in [-0.1, -0.05) is 24.3 Å². The van der Waals surface area contributed by atoms with Crippen LogP contribution in [0.5, 0.6) is 0 Å². The van der Waals surface area contributed by atoms with E-state index in [0.29, 0.717) is 6.54 Å². The number of nitrogens with zero attached hydrogens (tertiary/aromatic N) is 1. The van der Waals surface area contributed by atoms with E-state index in [1.165, 1.54) is 10.6 Å². The first-order valence-electron chi connectivity index (χ1n) is 7.25. The van der Waals surface area contributed by atoms with E-state index in [4.69, 9.17) is 0 Å². The Kier molecular flexibility index (Phi) is 5.18. The number of hydrogen-bond acceptors (Lipinski definition) is 2.